The van der Waals surface area contributed by atoms with Crippen LogP contribution in [-0.2, 0) is 14.8 Å². The minimum atomic E-state index is -3.76. The number of primary sulfonamides is 1. The Morgan fingerprint density at radius 3 is 2.64 bits per heavy atom. The van der Waals surface area contributed by atoms with Gasteiger partial charge in [0.05, 0.1) is 22.5 Å². The molecule has 0 aliphatic rings. The number of fused-ring (bicyclic) bond motifs is 1. The molecule has 2 heterocycles. The van der Waals surface area contributed by atoms with Gasteiger partial charge in [0.1, 0.15) is 17.0 Å². The number of nitrogens with two attached hydrogens (primary N) is 1. The molecule has 0 saturated carbocycles. The van der Waals surface area contributed by atoms with Crippen LogP contribution in [0.2, 0.25) is 0 Å². The molecule has 10 heteroatoms. The zero-order valence-electron chi connectivity index (χ0n) is 13.1. The molecule has 0 saturated heterocycles. The Morgan fingerprint density at radius 1 is 1.28 bits per heavy atom. The molecule has 0 radical (unpaired) electrons. The molecule has 25 heavy (non-hydrogen) atoms. The van der Waals surface area contributed by atoms with Gasteiger partial charge in [-0.3, -0.25) is 0 Å². The second kappa shape index (κ2) is 6.75. The van der Waals surface area contributed by atoms with Crippen LogP contribution in [0.1, 0.15) is 17.3 Å². The maximum Gasteiger partial charge on any atom is 0.339 e. The lowest BCUT2D eigenvalue weighted by Crippen LogP contribution is -2.11. The van der Waals surface area contributed by atoms with Crippen molar-refractivity contribution in [1.29, 1.82) is 0 Å². The summed E-state index contributed by atoms with van der Waals surface area (Å²) in [6.45, 7) is 2.00. The van der Waals surface area contributed by atoms with E-state index in [2.05, 4.69) is 15.3 Å². The summed E-state index contributed by atoms with van der Waals surface area (Å²) in [7, 11) is -3.76. The third kappa shape index (κ3) is 3.60. The fraction of sp³-hybridized carbons (Fsp3) is 0.133. The van der Waals surface area contributed by atoms with Gasteiger partial charge in [-0.05, 0) is 31.2 Å². The first-order valence-corrected chi connectivity index (χ1v) is 9.62. The van der Waals surface area contributed by atoms with Gasteiger partial charge in [-0.15, -0.1) is 11.3 Å². The Bertz CT molecular complexity index is 1030. The fourth-order valence-corrected chi connectivity index (χ4v) is 3.59. The van der Waals surface area contributed by atoms with Gasteiger partial charge < -0.3 is 10.1 Å². The molecule has 1 aromatic carbocycles. The van der Waals surface area contributed by atoms with Crippen LogP contribution >= 0.6 is 11.3 Å². The molecule has 0 spiro atoms. The number of thiophene rings is 1. The maximum atomic E-state index is 12.1. The molecule has 0 aliphatic carbocycles. The number of benzene rings is 1. The number of carbonyl (C=O) groups is 1. The first-order valence-electron chi connectivity index (χ1n) is 7.19. The highest BCUT2D eigenvalue weighted by molar-refractivity contribution is 7.89. The topological polar surface area (TPSA) is 124 Å². The summed E-state index contributed by atoms with van der Waals surface area (Å²) in [5.41, 5.74) is 0.972. The largest absolute Gasteiger partial charge is 0.462 e. The normalized spacial score (nSPS) is 11.4. The van der Waals surface area contributed by atoms with Crippen molar-refractivity contribution >= 4 is 49.1 Å². The first-order chi connectivity index (χ1) is 11.9. The van der Waals surface area contributed by atoms with Gasteiger partial charge in [-0.1, -0.05) is 0 Å². The second-order valence-electron chi connectivity index (χ2n) is 4.97. The molecule has 0 aliphatic heterocycles. The number of carbonyl (C=O) groups excluding carboxylic acids is 1. The van der Waals surface area contributed by atoms with E-state index in [1.54, 1.807) is 24.4 Å². The van der Waals surface area contributed by atoms with Gasteiger partial charge in [0.2, 0.25) is 10.0 Å². The lowest BCUT2D eigenvalue weighted by Gasteiger charge is -2.08. The Labute approximate surface area is 147 Å². The average molecular weight is 378 g/mol. The van der Waals surface area contributed by atoms with Crippen molar-refractivity contribution in [2.45, 2.75) is 11.8 Å². The maximum absolute atomic E-state index is 12.1. The van der Waals surface area contributed by atoms with Crippen molar-refractivity contribution in [1.82, 2.24) is 9.97 Å². The number of hydrogen-bond acceptors (Lipinski definition) is 8. The summed E-state index contributed by atoms with van der Waals surface area (Å²) in [6.07, 6.45) is 1.38. The minimum Gasteiger partial charge on any atom is -0.462 e. The standard InChI is InChI=1S/C15H14N4O4S2/c1-2-23-15(20)11-7-24-14-12(11)13(17-8-18-14)19-9-3-5-10(6-4-9)25(16,21)22/h3-8H,2H2,1H3,(H2,16,21,22)(H,17,18,19). The van der Waals surface area contributed by atoms with Crippen LogP contribution in [0.4, 0.5) is 11.5 Å². The van der Waals surface area contributed by atoms with E-state index in [9.17, 15) is 13.2 Å². The summed E-state index contributed by atoms with van der Waals surface area (Å²) in [6, 6.07) is 5.89. The predicted octanol–water partition coefficient (Wildman–Crippen LogP) is 2.26. The van der Waals surface area contributed by atoms with E-state index in [0.717, 1.165) is 0 Å². The third-order valence-electron chi connectivity index (χ3n) is 3.31. The number of aromatic nitrogens is 2. The predicted molar refractivity (Wildman–Crippen MR) is 94.5 cm³/mol. The number of anilines is 2. The quantitative estimate of drug-likeness (QED) is 0.652. The molecule has 130 valence electrons. The van der Waals surface area contributed by atoms with Crippen LogP contribution in [0.25, 0.3) is 10.2 Å². The van der Waals surface area contributed by atoms with Crippen molar-refractivity contribution in [2.24, 2.45) is 5.14 Å². The second-order valence-corrected chi connectivity index (χ2v) is 7.39. The Balaban J connectivity index is 1.99. The van der Waals surface area contributed by atoms with Crippen LogP contribution in [0, 0.1) is 0 Å². The monoisotopic (exact) mass is 378 g/mol. The lowest BCUT2D eigenvalue weighted by atomic mass is 10.2. The molecule has 0 atom stereocenters. The van der Waals surface area contributed by atoms with Gasteiger partial charge in [0.25, 0.3) is 0 Å². The zero-order valence-corrected chi connectivity index (χ0v) is 14.7. The SMILES string of the molecule is CCOC(=O)c1csc2ncnc(Nc3ccc(S(N)(=O)=O)cc3)c12. The highest BCUT2D eigenvalue weighted by atomic mass is 32.2. The van der Waals surface area contributed by atoms with Gasteiger partial charge in [-0.2, -0.15) is 0 Å². The summed E-state index contributed by atoms with van der Waals surface area (Å²) >= 11 is 1.31. The highest BCUT2D eigenvalue weighted by Crippen LogP contribution is 2.31. The summed E-state index contributed by atoms with van der Waals surface area (Å²) in [4.78, 5) is 21.1. The molecule has 0 unspecified atom stereocenters. The molecule has 0 fully saturated rings. The molecule has 2 aromatic heterocycles. The van der Waals surface area contributed by atoms with Crippen molar-refractivity contribution in [3.63, 3.8) is 0 Å². The Hall–Kier alpha value is -2.56. The van der Waals surface area contributed by atoms with Gasteiger partial charge in [0, 0.05) is 11.1 Å². The summed E-state index contributed by atoms with van der Waals surface area (Å²) in [5, 5.41) is 10.4. The fourth-order valence-electron chi connectivity index (χ4n) is 2.19. The summed E-state index contributed by atoms with van der Waals surface area (Å²) < 4.78 is 27.7. The molecular formula is C15H14N4O4S2. The smallest absolute Gasteiger partial charge is 0.339 e. The van der Waals surface area contributed by atoms with Crippen molar-refractivity contribution < 1.29 is 17.9 Å². The molecule has 0 bridgehead atoms. The van der Waals surface area contributed by atoms with E-state index in [0.29, 0.717) is 27.3 Å². The minimum absolute atomic E-state index is 0.00799. The lowest BCUT2D eigenvalue weighted by molar-refractivity contribution is 0.0529. The number of esters is 1. The van der Waals surface area contributed by atoms with E-state index in [4.69, 9.17) is 9.88 Å². The number of nitrogens with zero attached hydrogens (tertiary/aromatic N) is 2. The molecule has 3 N–H and O–H groups in total. The molecule has 3 aromatic rings. The highest BCUT2D eigenvalue weighted by Gasteiger charge is 2.18. The number of hydrogen-bond donors (Lipinski definition) is 2. The van der Waals surface area contributed by atoms with E-state index in [1.807, 2.05) is 0 Å². The first kappa shape index (κ1) is 17.3. The van der Waals surface area contributed by atoms with Crippen molar-refractivity contribution in [2.75, 3.05) is 11.9 Å². The zero-order chi connectivity index (χ0) is 18.0. The number of sulfonamides is 1. The van der Waals surface area contributed by atoms with E-state index in [1.165, 1.54) is 29.8 Å². The van der Waals surface area contributed by atoms with Crippen molar-refractivity contribution in [3.8, 4) is 0 Å². The van der Waals surface area contributed by atoms with Gasteiger partial charge >= 0.3 is 5.97 Å². The van der Waals surface area contributed by atoms with Crippen LogP contribution in [0.5, 0.6) is 0 Å². The van der Waals surface area contributed by atoms with Crippen molar-refractivity contribution in [3.05, 3.63) is 41.5 Å². The Morgan fingerprint density at radius 2 is 2.00 bits per heavy atom. The summed E-state index contributed by atoms with van der Waals surface area (Å²) in [5.74, 6) is -0.0196. The number of rotatable bonds is 5. The van der Waals surface area contributed by atoms with Crippen LogP contribution in [0.15, 0.2) is 40.9 Å². The molecular weight excluding hydrogens is 364 g/mol. The van der Waals surface area contributed by atoms with Gasteiger partial charge in [0.15, 0.2) is 0 Å². The van der Waals surface area contributed by atoms with E-state index >= 15 is 0 Å². The average Bonchev–Trinajstić information content (AvgIpc) is 3.00. The van der Waals surface area contributed by atoms with E-state index in [-0.39, 0.29) is 11.5 Å². The van der Waals surface area contributed by atoms with Gasteiger partial charge in [-0.25, -0.2) is 28.3 Å². The number of ether oxygens (including phenoxy) is 1. The van der Waals surface area contributed by atoms with Crippen LogP contribution in [-0.4, -0.2) is 31.0 Å². The molecule has 3 rings (SSSR count). The third-order valence-corrected chi connectivity index (χ3v) is 5.13. The molecule has 8 nitrogen and oxygen atoms in total. The van der Waals surface area contributed by atoms with E-state index < -0.39 is 16.0 Å². The van der Waals surface area contributed by atoms with Crippen LogP contribution < -0.4 is 10.5 Å². The Kier molecular flexibility index (Phi) is 4.66. The van der Waals surface area contributed by atoms with Crippen LogP contribution in [0.3, 0.4) is 0 Å². The number of nitrogens with one attached hydrogen (secondary N) is 1. The molecule has 0 amide bonds.